The number of hydrogen-bond acceptors (Lipinski definition) is 5. The van der Waals surface area contributed by atoms with Gasteiger partial charge in [-0.3, -0.25) is 4.79 Å². The summed E-state index contributed by atoms with van der Waals surface area (Å²) < 4.78 is 17.1. The first-order valence-electron chi connectivity index (χ1n) is 9.48. The molecule has 0 radical (unpaired) electrons. The molecular formula is C22H29NO4S. The Morgan fingerprint density at radius 3 is 1.93 bits per heavy atom. The average Bonchev–Trinajstić information content (AvgIpc) is 2.70. The van der Waals surface area contributed by atoms with E-state index in [1.54, 1.807) is 35.8 Å². The van der Waals surface area contributed by atoms with E-state index in [1.165, 1.54) is 4.90 Å². The fourth-order valence-corrected chi connectivity index (χ4v) is 3.22. The van der Waals surface area contributed by atoms with Gasteiger partial charge in [-0.2, -0.15) is 0 Å². The van der Waals surface area contributed by atoms with Crippen LogP contribution < -0.4 is 14.2 Å². The molecule has 0 unspecified atom stereocenters. The summed E-state index contributed by atoms with van der Waals surface area (Å²) in [5, 5.41) is 0. The molecule has 0 atom stereocenters. The SMILES string of the molecule is CCOc1cc(C(=O)N(C)Cc2ccc(SC)cc2)cc(OCC)c1OCC. The van der Waals surface area contributed by atoms with Gasteiger partial charge in [0.05, 0.1) is 19.8 Å². The third-order valence-electron chi connectivity index (χ3n) is 4.08. The van der Waals surface area contributed by atoms with Crippen molar-refractivity contribution in [3.63, 3.8) is 0 Å². The second-order valence-corrected chi connectivity index (χ2v) is 6.99. The standard InChI is InChI=1S/C22H29NO4S/c1-6-25-19-13-17(14-20(26-7-2)21(19)27-8-3)22(24)23(4)15-16-9-11-18(28-5)12-10-16/h9-14H,6-8,15H2,1-5H3. The van der Waals surface area contributed by atoms with Crippen molar-refractivity contribution >= 4 is 17.7 Å². The van der Waals surface area contributed by atoms with E-state index in [-0.39, 0.29) is 5.91 Å². The minimum absolute atomic E-state index is 0.0982. The van der Waals surface area contributed by atoms with E-state index in [9.17, 15) is 4.79 Å². The molecule has 0 saturated carbocycles. The summed E-state index contributed by atoms with van der Waals surface area (Å²) in [5.74, 6) is 1.49. The molecule has 0 N–H and O–H groups in total. The minimum Gasteiger partial charge on any atom is -0.490 e. The maximum absolute atomic E-state index is 13.0. The van der Waals surface area contributed by atoms with Crippen molar-refractivity contribution in [3.8, 4) is 17.2 Å². The quantitative estimate of drug-likeness (QED) is 0.529. The number of carbonyl (C=O) groups is 1. The summed E-state index contributed by atoms with van der Waals surface area (Å²) in [4.78, 5) is 15.9. The molecule has 0 aromatic heterocycles. The molecule has 0 aliphatic carbocycles. The van der Waals surface area contributed by atoms with Gasteiger partial charge in [0, 0.05) is 24.1 Å². The van der Waals surface area contributed by atoms with Gasteiger partial charge in [-0.15, -0.1) is 11.8 Å². The zero-order valence-electron chi connectivity index (χ0n) is 17.3. The molecule has 0 aliphatic heterocycles. The second-order valence-electron chi connectivity index (χ2n) is 6.11. The number of rotatable bonds is 10. The molecule has 5 nitrogen and oxygen atoms in total. The molecule has 1 amide bonds. The zero-order chi connectivity index (χ0) is 20.5. The molecule has 2 aromatic rings. The van der Waals surface area contributed by atoms with Crippen molar-refractivity contribution in [1.29, 1.82) is 0 Å². The van der Waals surface area contributed by atoms with Gasteiger partial charge in [-0.05, 0) is 56.9 Å². The largest absolute Gasteiger partial charge is 0.490 e. The Morgan fingerprint density at radius 1 is 0.929 bits per heavy atom. The first-order valence-corrected chi connectivity index (χ1v) is 10.7. The number of nitrogens with zero attached hydrogens (tertiary/aromatic N) is 1. The molecule has 0 heterocycles. The molecule has 0 spiro atoms. The summed E-state index contributed by atoms with van der Waals surface area (Å²) in [6.45, 7) is 7.65. The van der Waals surface area contributed by atoms with Gasteiger partial charge >= 0.3 is 0 Å². The van der Waals surface area contributed by atoms with Gasteiger partial charge < -0.3 is 19.1 Å². The number of benzene rings is 2. The Kier molecular flexibility index (Phi) is 8.51. The van der Waals surface area contributed by atoms with E-state index in [1.807, 2.05) is 39.2 Å². The molecule has 2 aromatic carbocycles. The number of carbonyl (C=O) groups excluding carboxylic acids is 1. The molecule has 0 bridgehead atoms. The van der Waals surface area contributed by atoms with Crippen LogP contribution in [0.15, 0.2) is 41.3 Å². The predicted molar refractivity (Wildman–Crippen MR) is 114 cm³/mol. The Balaban J connectivity index is 2.28. The maximum Gasteiger partial charge on any atom is 0.254 e. The van der Waals surface area contributed by atoms with Crippen LogP contribution in [0, 0.1) is 0 Å². The zero-order valence-corrected chi connectivity index (χ0v) is 18.1. The van der Waals surface area contributed by atoms with Gasteiger partial charge in [-0.1, -0.05) is 12.1 Å². The highest BCUT2D eigenvalue weighted by Crippen LogP contribution is 2.39. The van der Waals surface area contributed by atoms with E-state index in [2.05, 4.69) is 12.1 Å². The van der Waals surface area contributed by atoms with Crippen LogP contribution in [0.2, 0.25) is 0 Å². The summed E-state index contributed by atoms with van der Waals surface area (Å²) in [6, 6.07) is 11.7. The first kappa shape index (κ1) is 22.0. The predicted octanol–water partition coefficient (Wildman–Crippen LogP) is 4.88. The Morgan fingerprint density at radius 2 is 1.46 bits per heavy atom. The second kappa shape index (κ2) is 10.9. The summed E-state index contributed by atoms with van der Waals surface area (Å²) in [5.41, 5.74) is 1.59. The summed E-state index contributed by atoms with van der Waals surface area (Å²) >= 11 is 1.70. The van der Waals surface area contributed by atoms with Crippen LogP contribution in [0.4, 0.5) is 0 Å². The molecule has 28 heavy (non-hydrogen) atoms. The lowest BCUT2D eigenvalue weighted by molar-refractivity contribution is 0.0784. The average molecular weight is 404 g/mol. The highest BCUT2D eigenvalue weighted by atomic mass is 32.2. The van der Waals surface area contributed by atoms with Crippen LogP contribution >= 0.6 is 11.8 Å². The number of ether oxygens (including phenoxy) is 3. The van der Waals surface area contributed by atoms with Crippen molar-refractivity contribution in [2.45, 2.75) is 32.2 Å². The van der Waals surface area contributed by atoms with E-state index in [4.69, 9.17) is 14.2 Å². The van der Waals surface area contributed by atoms with Crippen molar-refractivity contribution in [3.05, 3.63) is 47.5 Å². The highest BCUT2D eigenvalue weighted by molar-refractivity contribution is 7.98. The van der Waals surface area contributed by atoms with Gasteiger partial charge in [0.2, 0.25) is 5.75 Å². The number of thioether (sulfide) groups is 1. The third-order valence-corrected chi connectivity index (χ3v) is 4.83. The Labute approximate surface area is 172 Å². The van der Waals surface area contributed by atoms with Crippen molar-refractivity contribution in [2.24, 2.45) is 0 Å². The number of hydrogen-bond donors (Lipinski definition) is 0. The first-order chi connectivity index (χ1) is 13.5. The van der Waals surface area contributed by atoms with Gasteiger partial charge in [-0.25, -0.2) is 0 Å². The lowest BCUT2D eigenvalue weighted by Crippen LogP contribution is -2.26. The molecular weight excluding hydrogens is 374 g/mol. The van der Waals surface area contributed by atoms with Crippen LogP contribution in [0.25, 0.3) is 0 Å². The Bertz CT molecular complexity index is 750. The lowest BCUT2D eigenvalue weighted by atomic mass is 10.1. The van der Waals surface area contributed by atoms with Gasteiger partial charge in [0.25, 0.3) is 5.91 Å². The molecule has 0 aliphatic rings. The van der Waals surface area contributed by atoms with E-state index in [0.29, 0.717) is 49.2 Å². The fourth-order valence-electron chi connectivity index (χ4n) is 2.81. The number of amides is 1. The van der Waals surface area contributed by atoms with Gasteiger partial charge in [0.1, 0.15) is 0 Å². The van der Waals surface area contributed by atoms with Crippen molar-refractivity contribution in [2.75, 3.05) is 33.1 Å². The lowest BCUT2D eigenvalue weighted by Gasteiger charge is -2.20. The molecule has 152 valence electrons. The van der Waals surface area contributed by atoms with Crippen LogP contribution in [-0.2, 0) is 6.54 Å². The summed E-state index contributed by atoms with van der Waals surface area (Å²) in [6.07, 6.45) is 2.04. The molecule has 2 rings (SSSR count). The van der Waals surface area contributed by atoms with Crippen LogP contribution in [0.5, 0.6) is 17.2 Å². The van der Waals surface area contributed by atoms with Crippen LogP contribution in [0.1, 0.15) is 36.7 Å². The van der Waals surface area contributed by atoms with E-state index in [0.717, 1.165) is 5.56 Å². The van der Waals surface area contributed by atoms with Crippen molar-refractivity contribution in [1.82, 2.24) is 4.90 Å². The van der Waals surface area contributed by atoms with Crippen LogP contribution in [0.3, 0.4) is 0 Å². The molecule has 0 fully saturated rings. The Hall–Kier alpha value is -2.34. The van der Waals surface area contributed by atoms with E-state index < -0.39 is 0 Å². The normalized spacial score (nSPS) is 10.5. The fraction of sp³-hybridized carbons (Fsp3) is 0.409. The highest BCUT2D eigenvalue weighted by Gasteiger charge is 2.20. The van der Waals surface area contributed by atoms with Crippen molar-refractivity contribution < 1.29 is 19.0 Å². The minimum atomic E-state index is -0.0982. The smallest absolute Gasteiger partial charge is 0.254 e. The molecule has 6 heteroatoms. The van der Waals surface area contributed by atoms with Gasteiger partial charge in [0.15, 0.2) is 11.5 Å². The third kappa shape index (κ3) is 5.58. The maximum atomic E-state index is 13.0. The summed E-state index contributed by atoms with van der Waals surface area (Å²) in [7, 11) is 1.79. The van der Waals surface area contributed by atoms with E-state index >= 15 is 0 Å². The monoisotopic (exact) mass is 403 g/mol. The van der Waals surface area contributed by atoms with Crippen LogP contribution in [-0.4, -0.2) is 43.9 Å². The topological polar surface area (TPSA) is 48.0 Å². The molecule has 0 saturated heterocycles.